The molecule has 0 radical (unpaired) electrons. The van der Waals surface area contributed by atoms with Gasteiger partial charge >= 0.3 is 0 Å². The average molecular weight is 219 g/mol. The van der Waals surface area contributed by atoms with Crippen LogP contribution in [0.25, 0.3) is 10.9 Å². The van der Waals surface area contributed by atoms with Crippen molar-refractivity contribution in [2.75, 3.05) is 0 Å². The summed E-state index contributed by atoms with van der Waals surface area (Å²) in [6, 6.07) is 10.3. The smallest absolute Gasteiger partial charge is 0.185 e. The lowest BCUT2D eigenvalue weighted by molar-refractivity contribution is -0.110. The van der Waals surface area contributed by atoms with Gasteiger partial charge in [-0.25, -0.2) is 0 Å². The third kappa shape index (κ3) is 2.42. The van der Waals surface area contributed by atoms with Crippen molar-refractivity contribution in [1.29, 1.82) is 0 Å². The van der Waals surface area contributed by atoms with E-state index in [2.05, 4.69) is 41.6 Å². The van der Waals surface area contributed by atoms with Gasteiger partial charge in [0, 0.05) is 24.7 Å². The molecule has 0 bridgehead atoms. The Morgan fingerprint density at radius 2 is 2.07 bits per heavy atom. The first-order valence-corrected chi connectivity index (χ1v) is 5.48. The molecule has 0 aliphatic heterocycles. The second-order valence-corrected chi connectivity index (χ2v) is 4.06. The van der Waals surface area contributed by atoms with Crippen molar-refractivity contribution >= 4 is 28.6 Å². The maximum Gasteiger partial charge on any atom is 0.185 e. The number of hydrogen-bond donors (Lipinski definition) is 1. The molecule has 2 aromatic rings. The van der Waals surface area contributed by atoms with Crippen molar-refractivity contribution < 1.29 is 4.79 Å². The predicted molar refractivity (Wildman–Crippen MR) is 65.2 cm³/mol. The molecule has 1 aromatic carbocycles. The topological polar surface area (TPSA) is 22.0 Å². The molecule has 1 heterocycles. The Labute approximate surface area is 94.3 Å². The Morgan fingerprint density at radius 1 is 1.27 bits per heavy atom. The number of carbonyl (C=O) groups excluding carboxylic acids is 1. The Kier molecular flexibility index (Phi) is 3.11. The van der Waals surface area contributed by atoms with E-state index in [9.17, 15) is 4.79 Å². The van der Waals surface area contributed by atoms with E-state index in [0.29, 0.717) is 6.42 Å². The van der Waals surface area contributed by atoms with Gasteiger partial charge in [-0.1, -0.05) is 18.2 Å². The summed E-state index contributed by atoms with van der Waals surface area (Å²) < 4.78 is 2.17. The van der Waals surface area contributed by atoms with Crippen molar-refractivity contribution in [3.8, 4) is 0 Å². The van der Waals surface area contributed by atoms with Crippen LogP contribution in [-0.2, 0) is 11.3 Å². The van der Waals surface area contributed by atoms with Crippen LogP contribution >= 0.6 is 12.6 Å². The highest BCUT2D eigenvalue weighted by atomic mass is 32.1. The number of aromatic nitrogens is 1. The number of rotatable bonds is 4. The van der Waals surface area contributed by atoms with Gasteiger partial charge in [-0.05, 0) is 23.9 Å². The fourth-order valence-corrected chi connectivity index (χ4v) is 1.89. The molecule has 0 saturated heterocycles. The Hall–Kier alpha value is -1.22. The third-order valence-corrected chi connectivity index (χ3v) is 2.69. The molecule has 0 fully saturated rings. The molecule has 1 aromatic heterocycles. The van der Waals surface area contributed by atoms with Crippen molar-refractivity contribution in [2.24, 2.45) is 0 Å². The first kappa shape index (κ1) is 10.3. The monoisotopic (exact) mass is 219 g/mol. The minimum atomic E-state index is -0.0357. The van der Waals surface area contributed by atoms with Crippen LogP contribution in [0.5, 0.6) is 0 Å². The van der Waals surface area contributed by atoms with Gasteiger partial charge in [0.1, 0.15) is 0 Å². The number of hydrogen-bond acceptors (Lipinski definition) is 1. The van der Waals surface area contributed by atoms with Crippen LogP contribution in [0.3, 0.4) is 0 Å². The first-order chi connectivity index (χ1) is 7.27. The lowest BCUT2D eigenvalue weighted by atomic mass is 10.2. The summed E-state index contributed by atoms with van der Waals surface area (Å²) in [7, 11) is 0. The summed E-state index contributed by atoms with van der Waals surface area (Å²) in [5.41, 5.74) is 1.23. The van der Waals surface area contributed by atoms with E-state index in [0.717, 1.165) is 13.0 Å². The van der Waals surface area contributed by atoms with E-state index < -0.39 is 0 Å². The first-order valence-electron chi connectivity index (χ1n) is 5.03. The molecule has 2 nitrogen and oxygen atoms in total. The van der Waals surface area contributed by atoms with Gasteiger partial charge in [0.05, 0.1) is 0 Å². The highest BCUT2D eigenvalue weighted by molar-refractivity contribution is 7.96. The van der Waals surface area contributed by atoms with Gasteiger partial charge in [-0.2, -0.15) is 0 Å². The van der Waals surface area contributed by atoms with E-state index >= 15 is 0 Å². The summed E-state index contributed by atoms with van der Waals surface area (Å²) in [4.78, 5) is 10.7. The second-order valence-electron chi connectivity index (χ2n) is 3.57. The molecule has 0 aliphatic rings. The molecule has 0 aliphatic carbocycles. The molecular formula is C12H13NOS. The van der Waals surface area contributed by atoms with Crippen molar-refractivity contribution in [2.45, 2.75) is 19.4 Å². The highest BCUT2D eigenvalue weighted by Gasteiger charge is 2.00. The maximum atomic E-state index is 10.7. The van der Waals surface area contributed by atoms with E-state index in [1.807, 2.05) is 12.1 Å². The summed E-state index contributed by atoms with van der Waals surface area (Å²) >= 11 is 3.75. The van der Waals surface area contributed by atoms with Gasteiger partial charge in [0.15, 0.2) is 5.12 Å². The number of para-hydroxylation sites is 1. The molecule has 2 rings (SSSR count). The summed E-state index contributed by atoms with van der Waals surface area (Å²) in [6.07, 6.45) is 3.45. The number of benzene rings is 1. The molecule has 0 N–H and O–H groups in total. The number of nitrogens with zero attached hydrogens (tertiary/aromatic N) is 1. The summed E-state index contributed by atoms with van der Waals surface area (Å²) in [6.45, 7) is 0.875. The minimum absolute atomic E-state index is 0.0357. The zero-order valence-electron chi connectivity index (χ0n) is 8.39. The van der Waals surface area contributed by atoms with Crippen LogP contribution in [0, 0.1) is 0 Å². The second kappa shape index (κ2) is 4.53. The highest BCUT2D eigenvalue weighted by Crippen LogP contribution is 2.15. The molecule has 0 atom stereocenters. The van der Waals surface area contributed by atoms with Crippen LogP contribution in [0.1, 0.15) is 12.8 Å². The van der Waals surface area contributed by atoms with Gasteiger partial charge < -0.3 is 4.57 Å². The number of thiol groups is 1. The van der Waals surface area contributed by atoms with Crippen LogP contribution in [-0.4, -0.2) is 9.68 Å². The molecule has 0 saturated carbocycles. The van der Waals surface area contributed by atoms with Gasteiger partial charge in [-0.15, -0.1) is 12.6 Å². The summed E-state index contributed by atoms with van der Waals surface area (Å²) in [5, 5.41) is 1.21. The van der Waals surface area contributed by atoms with Crippen LogP contribution in [0.15, 0.2) is 36.5 Å². The van der Waals surface area contributed by atoms with E-state index in [1.165, 1.54) is 10.9 Å². The number of aryl methyl sites for hydroxylation is 1. The average Bonchev–Trinajstić information content (AvgIpc) is 2.62. The van der Waals surface area contributed by atoms with Crippen molar-refractivity contribution in [1.82, 2.24) is 4.57 Å². The van der Waals surface area contributed by atoms with Crippen LogP contribution < -0.4 is 0 Å². The molecule has 0 amide bonds. The van der Waals surface area contributed by atoms with E-state index in [-0.39, 0.29) is 5.12 Å². The molecular weight excluding hydrogens is 206 g/mol. The minimum Gasteiger partial charge on any atom is -0.347 e. The van der Waals surface area contributed by atoms with Crippen LogP contribution in [0.4, 0.5) is 0 Å². The molecule has 3 heteroatoms. The summed E-state index contributed by atoms with van der Waals surface area (Å²) in [5.74, 6) is 0. The quantitative estimate of drug-likeness (QED) is 0.785. The number of carbonyl (C=O) groups is 1. The van der Waals surface area contributed by atoms with E-state index in [1.54, 1.807) is 0 Å². The fraction of sp³-hybridized carbons (Fsp3) is 0.250. The van der Waals surface area contributed by atoms with Crippen molar-refractivity contribution in [3.63, 3.8) is 0 Å². The number of fused-ring (bicyclic) bond motifs is 1. The standard InChI is InChI=1S/C12H13NOS/c14-12(15)6-3-8-13-9-7-10-4-1-2-5-11(10)13/h1-2,4-5,7,9H,3,6,8H2,(H,14,15). The zero-order chi connectivity index (χ0) is 10.7. The zero-order valence-corrected chi connectivity index (χ0v) is 9.28. The largest absolute Gasteiger partial charge is 0.347 e. The predicted octanol–water partition coefficient (Wildman–Crippen LogP) is 2.88. The SMILES string of the molecule is O=C(S)CCCn1ccc2ccccc21. The lowest BCUT2D eigenvalue weighted by Crippen LogP contribution is -1.97. The maximum absolute atomic E-state index is 10.7. The lowest BCUT2D eigenvalue weighted by Gasteiger charge is -2.03. The third-order valence-electron chi connectivity index (χ3n) is 2.47. The fourth-order valence-electron chi connectivity index (χ4n) is 1.74. The van der Waals surface area contributed by atoms with Gasteiger partial charge in [0.25, 0.3) is 0 Å². The van der Waals surface area contributed by atoms with Gasteiger partial charge in [0.2, 0.25) is 0 Å². The van der Waals surface area contributed by atoms with Gasteiger partial charge in [-0.3, -0.25) is 4.79 Å². The Bertz CT molecular complexity index is 475. The molecule has 0 spiro atoms. The Morgan fingerprint density at radius 3 is 2.87 bits per heavy atom. The van der Waals surface area contributed by atoms with Crippen LogP contribution in [0.2, 0.25) is 0 Å². The molecule has 0 unspecified atom stereocenters. The molecule has 78 valence electrons. The van der Waals surface area contributed by atoms with E-state index in [4.69, 9.17) is 0 Å². The normalized spacial score (nSPS) is 10.7. The molecule has 15 heavy (non-hydrogen) atoms. The Balaban J connectivity index is 2.11. The van der Waals surface area contributed by atoms with Crippen molar-refractivity contribution in [3.05, 3.63) is 36.5 Å².